The molecule has 0 saturated heterocycles. The molecular weight excluding hydrogens is 492 g/mol. The second-order valence-electron chi connectivity index (χ2n) is 10.5. The van der Waals surface area contributed by atoms with Crippen molar-refractivity contribution < 1.29 is 9.53 Å². The molecule has 39 heavy (non-hydrogen) atoms. The molecule has 0 bridgehead atoms. The van der Waals surface area contributed by atoms with Gasteiger partial charge in [-0.1, -0.05) is 30.3 Å². The van der Waals surface area contributed by atoms with Crippen molar-refractivity contribution in [1.29, 1.82) is 0 Å². The predicted molar refractivity (Wildman–Crippen MR) is 153 cm³/mol. The summed E-state index contributed by atoms with van der Waals surface area (Å²) >= 11 is 0. The lowest BCUT2D eigenvalue weighted by Crippen LogP contribution is -2.39. The highest BCUT2D eigenvalue weighted by Gasteiger charge is 2.21. The smallest absolute Gasteiger partial charge is 0.258 e. The highest BCUT2D eigenvalue weighted by atomic mass is 16.5. The molecule has 0 aliphatic carbocycles. The van der Waals surface area contributed by atoms with Crippen molar-refractivity contribution in [1.82, 2.24) is 24.6 Å². The Labute approximate surface area is 226 Å². The SMILES string of the molecule is CN(C)CC(C)(C)Oc1ccc2[nH]c(-c3cc(NC(=O)c4cnn(Cc5ccccc5)c4)c[nH]c3=O)cc2c1. The number of pyridine rings is 1. The van der Waals surface area contributed by atoms with Gasteiger partial charge < -0.3 is 24.9 Å². The van der Waals surface area contributed by atoms with E-state index in [1.807, 2.05) is 82.5 Å². The lowest BCUT2D eigenvalue weighted by molar-refractivity contribution is 0.0776. The number of amides is 1. The quantitative estimate of drug-likeness (QED) is 0.258. The Morgan fingerprint density at radius 2 is 1.90 bits per heavy atom. The lowest BCUT2D eigenvalue weighted by atomic mass is 10.1. The van der Waals surface area contributed by atoms with Gasteiger partial charge in [0, 0.05) is 29.8 Å². The summed E-state index contributed by atoms with van der Waals surface area (Å²) in [6.45, 7) is 5.43. The van der Waals surface area contributed by atoms with Crippen molar-refractivity contribution in [3.63, 3.8) is 0 Å². The van der Waals surface area contributed by atoms with Crippen LogP contribution in [0.3, 0.4) is 0 Å². The first-order valence-electron chi connectivity index (χ1n) is 12.7. The van der Waals surface area contributed by atoms with E-state index >= 15 is 0 Å². The molecule has 3 N–H and O–H groups in total. The first-order chi connectivity index (χ1) is 18.6. The third kappa shape index (κ3) is 6.27. The Balaban J connectivity index is 1.33. The number of nitrogens with one attached hydrogen (secondary N) is 3. The molecule has 0 aliphatic heterocycles. The van der Waals surface area contributed by atoms with Crippen LogP contribution in [-0.4, -0.2) is 56.8 Å². The molecule has 5 aromatic rings. The molecule has 0 atom stereocenters. The molecule has 3 aromatic heterocycles. The lowest BCUT2D eigenvalue weighted by Gasteiger charge is -2.29. The Hall–Kier alpha value is -4.63. The van der Waals surface area contributed by atoms with Crippen molar-refractivity contribution in [2.75, 3.05) is 26.0 Å². The molecule has 2 aromatic carbocycles. The summed E-state index contributed by atoms with van der Waals surface area (Å²) in [5, 5.41) is 8.08. The van der Waals surface area contributed by atoms with E-state index < -0.39 is 0 Å². The van der Waals surface area contributed by atoms with Crippen LogP contribution in [0.4, 0.5) is 5.69 Å². The number of hydrogen-bond acceptors (Lipinski definition) is 5. The van der Waals surface area contributed by atoms with Crippen LogP contribution in [0.2, 0.25) is 0 Å². The molecule has 1 amide bonds. The number of likely N-dealkylation sites (N-methyl/N-ethyl adjacent to an activating group) is 1. The molecule has 0 aliphatic rings. The van der Waals surface area contributed by atoms with E-state index in [1.165, 1.54) is 12.4 Å². The second kappa shape index (κ2) is 10.6. The van der Waals surface area contributed by atoms with Gasteiger partial charge in [0.2, 0.25) is 0 Å². The minimum absolute atomic E-state index is 0.265. The summed E-state index contributed by atoms with van der Waals surface area (Å²) in [6.07, 6.45) is 4.72. The number of anilines is 1. The van der Waals surface area contributed by atoms with Gasteiger partial charge in [0.1, 0.15) is 11.4 Å². The van der Waals surface area contributed by atoms with Crippen LogP contribution in [0, 0.1) is 0 Å². The van der Waals surface area contributed by atoms with Gasteiger partial charge in [0.05, 0.1) is 35.2 Å². The molecule has 3 heterocycles. The number of aromatic amines is 2. The first kappa shape index (κ1) is 26.0. The molecular formula is C30H32N6O3. The highest BCUT2D eigenvalue weighted by molar-refractivity contribution is 6.04. The molecule has 0 spiro atoms. The van der Waals surface area contributed by atoms with Crippen molar-refractivity contribution in [3.05, 3.63) is 101 Å². The number of fused-ring (bicyclic) bond motifs is 1. The molecule has 5 rings (SSSR count). The van der Waals surface area contributed by atoms with E-state index in [0.717, 1.165) is 28.8 Å². The van der Waals surface area contributed by atoms with Crippen molar-refractivity contribution in [3.8, 4) is 17.0 Å². The Bertz CT molecular complexity index is 1660. The molecule has 200 valence electrons. The standard InChI is InChI=1S/C30H32N6O3/c1-30(2,19-35(3)4)39-24-10-11-26-21(12-24)13-27(34-26)25-14-23(16-31-29(25)38)33-28(37)22-15-32-36(18-22)17-20-8-6-5-7-9-20/h5-16,18,34H,17,19H2,1-4H3,(H,31,38)(H,33,37). The average Bonchev–Trinajstić information content (AvgIpc) is 3.51. The number of carbonyl (C=O) groups excluding carboxylic acids is 1. The van der Waals surface area contributed by atoms with Crippen molar-refractivity contribution in [2.45, 2.75) is 26.0 Å². The fraction of sp³-hybridized carbons (Fsp3) is 0.233. The fourth-order valence-corrected chi connectivity index (χ4v) is 4.73. The van der Waals surface area contributed by atoms with Gasteiger partial charge in [0.15, 0.2) is 0 Å². The number of ether oxygens (including phenoxy) is 1. The minimum atomic E-state index is -0.363. The summed E-state index contributed by atoms with van der Waals surface area (Å²) in [7, 11) is 4.03. The van der Waals surface area contributed by atoms with Crippen LogP contribution in [0.5, 0.6) is 5.75 Å². The Morgan fingerprint density at radius 1 is 1.10 bits per heavy atom. The Kier molecular flexibility index (Phi) is 7.08. The van der Waals surface area contributed by atoms with Gasteiger partial charge in [-0.05, 0) is 63.8 Å². The van der Waals surface area contributed by atoms with Crippen LogP contribution < -0.4 is 15.6 Å². The van der Waals surface area contributed by atoms with E-state index in [4.69, 9.17) is 4.74 Å². The van der Waals surface area contributed by atoms with Gasteiger partial charge in [-0.25, -0.2) is 0 Å². The molecule has 0 fully saturated rings. The van der Waals surface area contributed by atoms with E-state index in [9.17, 15) is 9.59 Å². The summed E-state index contributed by atoms with van der Waals surface area (Å²) in [5.74, 6) is 0.439. The highest BCUT2D eigenvalue weighted by Crippen LogP contribution is 2.28. The van der Waals surface area contributed by atoms with Gasteiger partial charge in [-0.15, -0.1) is 0 Å². The normalized spacial score (nSPS) is 11.7. The number of aromatic nitrogens is 4. The summed E-state index contributed by atoms with van der Waals surface area (Å²) in [4.78, 5) is 33.7. The van der Waals surface area contributed by atoms with E-state index in [-0.39, 0.29) is 17.1 Å². The number of H-pyrrole nitrogens is 2. The summed E-state index contributed by atoms with van der Waals surface area (Å²) in [5.41, 5.74) is 3.29. The number of hydrogen-bond donors (Lipinski definition) is 3. The summed E-state index contributed by atoms with van der Waals surface area (Å²) < 4.78 is 7.94. The average molecular weight is 525 g/mol. The zero-order chi connectivity index (χ0) is 27.6. The maximum absolute atomic E-state index is 12.9. The largest absolute Gasteiger partial charge is 0.487 e. The van der Waals surface area contributed by atoms with Crippen molar-refractivity contribution >= 4 is 22.5 Å². The number of nitrogens with zero attached hydrogens (tertiary/aromatic N) is 3. The van der Waals surface area contributed by atoms with Crippen LogP contribution in [0.1, 0.15) is 29.8 Å². The fourth-order valence-electron chi connectivity index (χ4n) is 4.73. The number of carbonyl (C=O) groups is 1. The van der Waals surface area contributed by atoms with Crippen LogP contribution in [0.15, 0.2) is 84.0 Å². The number of rotatable bonds is 9. The van der Waals surface area contributed by atoms with E-state index in [1.54, 1.807) is 16.9 Å². The topological polar surface area (TPSA) is 108 Å². The minimum Gasteiger partial charge on any atom is -0.487 e. The molecule has 0 unspecified atom stereocenters. The molecule has 0 radical (unpaired) electrons. The zero-order valence-electron chi connectivity index (χ0n) is 22.5. The Morgan fingerprint density at radius 3 is 2.67 bits per heavy atom. The van der Waals surface area contributed by atoms with E-state index in [2.05, 4.69) is 25.3 Å². The second-order valence-corrected chi connectivity index (χ2v) is 10.5. The van der Waals surface area contributed by atoms with Gasteiger partial charge in [-0.2, -0.15) is 5.10 Å². The van der Waals surface area contributed by atoms with Crippen LogP contribution >= 0.6 is 0 Å². The third-order valence-corrected chi connectivity index (χ3v) is 6.22. The van der Waals surface area contributed by atoms with Gasteiger partial charge >= 0.3 is 0 Å². The van der Waals surface area contributed by atoms with Crippen LogP contribution in [0.25, 0.3) is 22.2 Å². The molecule has 9 heteroatoms. The number of benzene rings is 2. The molecule has 9 nitrogen and oxygen atoms in total. The third-order valence-electron chi connectivity index (χ3n) is 6.22. The summed E-state index contributed by atoms with van der Waals surface area (Å²) in [6, 6.07) is 19.3. The monoisotopic (exact) mass is 524 g/mol. The van der Waals surface area contributed by atoms with Crippen LogP contribution in [-0.2, 0) is 6.54 Å². The predicted octanol–water partition coefficient (Wildman–Crippen LogP) is 4.74. The van der Waals surface area contributed by atoms with Crippen molar-refractivity contribution in [2.24, 2.45) is 0 Å². The van der Waals surface area contributed by atoms with E-state index in [0.29, 0.717) is 29.1 Å². The zero-order valence-corrected chi connectivity index (χ0v) is 22.5. The van der Waals surface area contributed by atoms with Gasteiger partial charge in [-0.3, -0.25) is 14.3 Å². The first-order valence-corrected chi connectivity index (χ1v) is 12.7. The van der Waals surface area contributed by atoms with Gasteiger partial charge in [0.25, 0.3) is 11.5 Å². The maximum atomic E-state index is 12.9. The maximum Gasteiger partial charge on any atom is 0.258 e. The molecule has 0 saturated carbocycles.